The molecule has 1 heterocycles. The van der Waals surface area contributed by atoms with Crippen molar-refractivity contribution >= 4 is 0 Å². The summed E-state index contributed by atoms with van der Waals surface area (Å²) in [4.78, 5) is 5.23. The van der Waals surface area contributed by atoms with Gasteiger partial charge >= 0.3 is 0 Å². The normalized spacial score (nSPS) is 25.1. The van der Waals surface area contributed by atoms with Crippen molar-refractivity contribution in [3.63, 3.8) is 0 Å². The number of rotatable bonds is 4. The molecule has 0 unspecified atom stereocenters. The highest BCUT2D eigenvalue weighted by molar-refractivity contribution is 4.75. The van der Waals surface area contributed by atoms with E-state index in [1.807, 2.05) is 0 Å². The summed E-state index contributed by atoms with van der Waals surface area (Å²) in [5.41, 5.74) is 0. The van der Waals surface area contributed by atoms with E-state index in [0.29, 0.717) is 0 Å². The van der Waals surface area contributed by atoms with Crippen LogP contribution in [0.1, 0.15) is 38.5 Å². The third-order valence-electron chi connectivity index (χ3n) is 4.40. The molecule has 1 saturated heterocycles. The van der Waals surface area contributed by atoms with E-state index < -0.39 is 0 Å². The summed E-state index contributed by atoms with van der Waals surface area (Å²) in [5, 5.41) is 3.47. The predicted molar refractivity (Wildman–Crippen MR) is 73.4 cm³/mol. The summed E-state index contributed by atoms with van der Waals surface area (Å²) in [5.74, 6) is 0. The second-order valence-corrected chi connectivity index (χ2v) is 5.72. The average Bonchev–Trinajstić information content (AvgIpc) is 2.65. The molecule has 1 aliphatic carbocycles. The van der Waals surface area contributed by atoms with Gasteiger partial charge in [0.25, 0.3) is 0 Å². The molecule has 0 amide bonds. The van der Waals surface area contributed by atoms with Crippen LogP contribution in [0.4, 0.5) is 0 Å². The Balaban J connectivity index is 1.65. The van der Waals surface area contributed by atoms with Gasteiger partial charge in [0.05, 0.1) is 0 Å². The van der Waals surface area contributed by atoms with Gasteiger partial charge in [0.15, 0.2) is 0 Å². The van der Waals surface area contributed by atoms with Crippen molar-refractivity contribution in [2.75, 3.05) is 46.3 Å². The minimum Gasteiger partial charge on any atom is -0.315 e. The summed E-state index contributed by atoms with van der Waals surface area (Å²) in [6.45, 7) is 7.41. The summed E-state index contributed by atoms with van der Waals surface area (Å²) >= 11 is 0. The lowest BCUT2D eigenvalue weighted by Gasteiger charge is -2.32. The summed E-state index contributed by atoms with van der Waals surface area (Å²) < 4.78 is 0. The quantitative estimate of drug-likeness (QED) is 0.803. The first kappa shape index (κ1) is 13.3. The fourth-order valence-electron chi connectivity index (χ4n) is 3.13. The topological polar surface area (TPSA) is 18.5 Å². The van der Waals surface area contributed by atoms with Crippen LogP contribution in [0, 0.1) is 0 Å². The van der Waals surface area contributed by atoms with E-state index in [1.54, 1.807) is 0 Å². The van der Waals surface area contributed by atoms with E-state index >= 15 is 0 Å². The van der Waals surface area contributed by atoms with Crippen molar-refractivity contribution in [3.05, 3.63) is 0 Å². The Kier molecular flexibility index (Phi) is 5.75. The van der Waals surface area contributed by atoms with Crippen LogP contribution in [0.25, 0.3) is 0 Å². The van der Waals surface area contributed by atoms with E-state index in [2.05, 4.69) is 22.2 Å². The van der Waals surface area contributed by atoms with Gasteiger partial charge < -0.3 is 15.1 Å². The lowest BCUT2D eigenvalue weighted by molar-refractivity contribution is 0.163. The molecule has 2 rings (SSSR count). The molecule has 2 aliphatic rings. The summed E-state index contributed by atoms with van der Waals surface area (Å²) in [6.07, 6.45) is 8.52. The van der Waals surface area contributed by atoms with Gasteiger partial charge in [-0.05, 0) is 39.4 Å². The lowest BCUT2D eigenvalue weighted by atomic mass is 9.94. The summed E-state index contributed by atoms with van der Waals surface area (Å²) in [6, 6.07) is 0.869. The molecule has 0 aromatic carbocycles. The number of hydrogen-bond acceptors (Lipinski definition) is 3. The summed E-state index contributed by atoms with van der Waals surface area (Å²) in [7, 11) is 2.33. The monoisotopic (exact) mass is 239 g/mol. The third kappa shape index (κ3) is 4.57. The van der Waals surface area contributed by atoms with Gasteiger partial charge in [-0.2, -0.15) is 0 Å². The van der Waals surface area contributed by atoms with Gasteiger partial charge in [0.2, 0.25) is 0 Å². The van der Waals surface area contributed by atoms with Crippen LogP contribution >= 0.6 is 0 Å². The van der Waals surface area contributed by atoms with Crippen LogP contribution < -0.4 is 5.32 Å². The van der Waals surface area contributed by atoms with Gasteiger partial charge in [-0.25, -0.2) is 0 Å². The van der Waals surface area contributed by atoms with E-state index in [4.69, 9.17) is 0 Å². The molecule has 1 saturated carbocycles. The van der Waals surface area contributed by atoms with E-state index in [0.717, 1.165) is 6.04 Å². The van der Waals surface area contributed by atoms with Crippen molar-refractivity contribution in [1.82, 2.24) is 15.1 Å². The van der Waals surface area contributed by atoms with Crippen LogP contribution in [0.3, 0.4) is 0 Å². The zero-order valence-corrected chi connectivity index (χ0v) is 11.5. The Morgan fingerprint density at radius 1 is 1.06 bits per heavy atom. The van der Waals surface area contributed by atoms with Gasteiger partial charge in [-0.15, -0.1) is 0 Å². The molecule has 0 radical (unpaired) electrons. The number of hydrogen-bond donors (Lipinski definition) is 1. The number of nitrogens with zero attached hydrogens (tertiary/aromatic N) is 2. The van der Waals surface area contributed by atoms with Crippen molar-refractivity contribution in [3.8, 4) is 0 Å². The maximum atomic E-state index is 3.47. The molecule has 3 heteroatoms. The minimum absolute atomic E-state index is 0.869. The van der Waals surface area contributed by atoms with Crippen LogP contribution in [-0.4, -0.2) is 62.2 Å². The van der Waals surface area contributed by atoms with Crippen molar-refractivity contribution < 1.29 is 0 Å². The Morgan fingerprint density at radius 2 is 1.88 bits per heavy atom. The molecule has 0 spiro atoms. The first-order chi connectivity index (χ1) is 8.36. The van der Waals surface area contributed by atoms with Gasteiger partial charge in [0, 0.05) is 32.2 Å². The van der Waals surface area contributed by atoms with Gasteiger partial charge in [0.1, 0.15) is 0 Å². The molecule has 1 N–H and O–H groups in total. The molecular weight excluding hydrogens is 210 g/mol. The maximum Gasteiger partial charge on any atom is 0.0110 e. The smallest absolute Gasteiger partial charge is 0.0110 e. The van der Waals surface area contributed by atoms with Crippen molar-refractivity contribution in [2.45, 2.75) is 44.6 Å². The highest BCUT2D eigenvalue weighted by Crippen LogP contribution is 2.21. The Hall–Kier alpha value is -0.120. The maximum absolute atomic E-state index is 3.47. The highest BCUT2D eigenvalue weighted by Gasteiger charge is 2.18. The van der Waals surface area contributed by atoms with Crippen molar-refractivity contribution in [1.29, 1.82) is 0 Å². The largest absolute Gasteiger partial charge is 0.315 e. The van der Waals surface area contributed by atoms with Gasteiger partial charge in [-0.3, -0.25) is 0 Å². The predicted octanol–water partition coefficient (Wildman–Crippen LogP) is 1.55. The Morgan fingerprint density at radius 3 is 2.71 bits per heavy atom. The molecular formula is C14H29N3. The fraction of sp³-hybridized carbons (Fsp3) is 1.00. The standard InChI is InChI=1S/C14H29N3/c1-16(14-6-3-2-4-7-14)12-13-17-10-5-8-15-9-11-17/h14-15H,2-13H2,1H3. The van der Waals surface area contributed by atoms with Crippen LogP contribution in [0.2, 0.25) is 0 Å². The van der Waals surface area contributed by atoms with E-state index in [-0.39, 0.29) is 0 Å². The minimum atomic E-state index is 0.869. The second kappa shape index (κ2) is 7.34. The van der Waals surface area contributed by atoms with Gasteiger partial charge in [-0.1, -0.05) is 19.3 Å². The molecule has 17 heavy (non-hydrogen) atoms. The molecule has 0 bridgehead atoms. The average molecular weight is 239 g/mol. The van der Waals surface area contributed by atoms with Crippen LogP contribution in [-0.2, 0) is 0 Å². The highest BCUT2D eigenvalue weighted by atomic mass is 15.2. The van der Waals surface area contributed by atoms with Crippen LogP contribution in [0.15, 0.2) is 0 Å². The lowest BCUT2D eigenvalue weighted by Crippen LogP contribution is -2.40. The fourth-order valence-corrected chi connectivity index (χ4v) is 3.13. The Labute approximate surface area is 107 Å². The molecule has 0 atom stereocenters. The molecule has 100 valence electrons. The Bertz CT molecular complexity index is 194. The third-order valence-corrected chi connectivity index (χ3v) is 4.40. The SMILES string of the molecule is CN(CCN1CCCNCC1)C1CCCCC1. The zero-order valence-electron chi connectivity index (χ0n) is 11.5. The molecule has 1 aliphatic heterocycles. The second-order valence-electron chi connectivity index (χ2n) is 5.72. The first-order valence-electron chi connectivity index (χ1n) is 7.49. The van der Waals surface area contributed by atoms with E-state index in [1.165, 1.54) is 77.8 Å². The number of nitrogens with one attached hydrogen (secondary N) is 1. The van der Waals surface area contributed by atoms with Crippen LogP contribution in [0.5, 0.6) is 0 Å². The van der Waals surface area contributed by atoms with Crippen molar-refractivity contribution in [2.24, 2.45) is 0 Å². The molecule has 0 aromatic heterocycles. The van der Waals surface area contributed by atoms with E-state index in [9.17, 15) is 0 Å². The zero-order chi connectivity index (χ0) is 11.9. The molecule has 3 nitrogen and oxygen atoms in total. The first-order valence-corrected chi connectivity index (χ1v) is 7.49. The number of likely N-dealkylation sites (N-methyl/N-ethyl adjacent to an activating group) is 1. The molecule has 0 aromatic rings. The molecule has 2 fully saturated rings.